The van der Waals surface area contributed by atoms with Crippen molar-refractivity contribution in [2.45, 2.75) is 17.8 Å². The highest BCUT2D eigenvalue weighted by Gasteiger charge is 2.23. The Morgan fingerprint density at radius 2 is 1.70 bits per heavy atom. The molecule has 0 aliphatic rings. The van der Waals surface area contributed by atoms with Gasteiger partial charge in [-0.25, -0.2) is 18.2 Å². The highest BCUT2D eigenvalue weighted by molar-refractivity contribution is 7.90. The SMILES string of the molecule is Cc1ccc(-n2cnc3nc(S(=O)(=O)Cc4ccccc4)nn3c2=O)cc1. The summed E-state index contributed by atoms with van der Waals surface area (Å²) in [6.45, 7) is 1.94. The van der Waals surface area contributed by atoms with Crippen molar-refractivity contribution in [3.05, 3.63) is 82.5 Å². The highest BCUT2D eigenvalue weighted by Crippen LogP contribution is 2.13. The van der Waals surface area contributed by atoms with Gasteiger partial charge in [-0.1, -0.05) is 48.0 Å². The molecule has 2 heterocycles. The summed E-state index contributed by atoms with van der Waals surface area (Å²) in [5, 5.41) is 3.49. The van der Waals surface area contributed by atoms with Gasteiger partial charge in [-0.3, -0.25) is 4.57 Å². The lowest BCUT2D eigenvalue weighted by Gasteiger charge is -2.04. The zero-order chi connectivity index (χ0) is 19.0. The molecule has 4 rings (SSSR count). The zero-order valence-corrected chi connectivity index (χ0v) is 15.2. The summed E-state index contributed by atoms with van der Waals surface area (Å²) in [6, 6.07) is 16.0. The third-order valence-electron chi connectivity index (χ3n) is 4.04. The molecule has 0 amide bonds. The third kappa shape index (κ3) is 3.24. The van der Waals surface area contributed by atoms with Gasteiger partial charge in [0.15, 0.2) is 0 Å². The monoisotopic (exact) mass is 381 g/mol. The molecule has 0 saturated heterocycles. The fourth-order valence-corrected chi connectivity index (χ4v) is 3.82. The van der Waals surface area contributed by atoms with E-state index in [1.165, 1.54) is 10.9 Å². The number of rotatable bonds is 4. The fraction of sp³-hybridized carbons (Fsp3) is 0.111. The fourth-order valence-electron chi connectivity index (χ4n) is 2.63. The number of aryl methyl sites for hydroxylation is 1. The van der Waals surface area contributed by atoms with Gasteiger partial charge in [-0.2, -0.15) is 4.98 Å². The van der Waals surface area contributed by atoms with E-state index in [-0.39, 0.29) is 11.5 Å². The first-order chi connectivity index (χ1) is 12.9. The van der Waals surface area contributed by atoms with Crippen LogP contribution in [0.25, 0.3) is 11.5 Å². The minimum absolute atomic E-state index is 0.0602. The first-order valence-corrected chi connectivity index (χ1v) is 9.77. The van der Waals surface area contributed by atoms with Gasteiger partial charge >= 0.3 is 5.69 Å². The number of fused-ring (bicyclic) bond motifs is 1. The predicted molar refractivity (Wildman–Crippen MR) is 98.4 cm³/mol. The molecule has 0 spiro atoms. The van der Waals surface area contributed by atoms with E-state index >= 15 is 0 Å². The van der Waals surface area contributed by atoms with Gasteiger partial charge < -0.3 is 0 Å². The lowest BCUT2D eigenvalue weighted by Crippen LogP contribution is -2.26. The van der Waals surface area contributed by atoms with Crippen LogP contribution in [0.1, 0.15) is 11.1 Å². The van der Waals surface area contributed by atoms with Crippen LogP contribution in [0.4, 0.5) is 0 Å². The van der Waals surface area contributed by atoms with E-state index in [1.807, 2.05) is 19.1 Å². The van der Waals surface area contributed by atoms with Crippen LogP contribution in [0.3, 0.4) is 0 Å². The molecule has 2 aromatic heterocycles. The Labute approximate surface area is 154 Å². The lowest BCUT2D eigenvalue weighted by molar-refractivity contribution is 0.585. The maximum absolute atomic E-state index is 12.7. The summed E-state index contributed by atoms with van der Waals surface area (Å²) in [4.78, 5) is 20.7. The molecule has 0 bridgehead atoms. The summed E-state index contributed by atoms with van der Waals surface area (Å²) in [7, 11) is -3.81. The van der Waals surface area contributed by atoms with E-state index in [0.29, 0.717) is 11.3 Å². The van der Waals surface area contributed by atoms with Crippen LogP contribution >= 0.6 is 0 Å². The van der Waals surface area contributed by atoms with Gasteiger partial charge in [0, 0.05) is 0 Å². The minimum Gasteiger partial charge on any atom is -0.251 e. The number of benzene rings is 2. The minimum atomic E-state index is -3.81. The van der Waals surface area contributed by atoms with Crippen molar-refractivity contribution in [2.24, 2.45) is 0 Å². The maximum atomic E-state index is 12.7. The molecule has 0 unspecified atom stereocenters. The average molecular weight is 381 g/mol. The molecule has 8 nitrogen and oxygen atoms in total. The molecule has 2 aromatic carbocycles. The normalized spacial score (nSPS) is 11.7. The molecule has 9 heteroatoms. The summed E-state index contributed by atoms with van der Waals surface area (Å²) in [5.41, 5.74) is 1.72. The van der Waals surface area contributed by atoms with Crippen molar-refractivity contribution in [2.75, 3.05) is 0 Å². The van der Waals surface area contributed by atoms with Gasteiger partial charge in [-0.15, -0.1) is 9.61 Å². The number of sulfone groups is 1. The maximum Gasteiger partial charge on any atom is 0.357 e. The third-order valence-corrected chi connectivity index (χ3v) is 5.48. The molecule has 0 N–H and O–H groups in total. The van der Waals surface area contributed by atoms with E-state index in [2.05, 4.69) is 15.1 Å². The number of nitrogens with zero attached hydrogens (tertiary/aromatic N) is 5. The van der Waals surface area contributed by atoms with Crippen LogP contribution in [-0.2, 0) is 15.6 Å². The van der Waals surface area contributed by atoms with Crippen LogP contribution < -0.4 is 5.69 Å². The van der Waals surface area contributed by atoms with E-state index in [4.69, 9.17) is 0 Å². The number of hydrogen-bond donors (Lipinski definition) is 0. The molecule has 0 aliphatic heterocycles. The second kappa shape index (κ2) is 6.44. The van der Waals surface area contributed by atoms with Gasteiger partial charge in [0.25, 0.3) is 10.9 Å². The lowest BCUT2D eigenvalue weighted by atomic mass is 10.2. The molecular formula is C18H15N5O3S. The summed E-state index contributed by atoms with van der Waals surface area (Å²) < 4.78 is 27.4. The summed E-state index contributed by atoms with van der Waals surface area (Å²) in [5.74, 6) is -0.313. The van der Waals surface area contributed by atoms with E-state index in [0.717, 1.165) is 10.1 Å². The topological polar surface area (TPSA) is 99.2 Å². The number of hydrogen-bond acceptors (Lipinski definition) is 6. The Bertz CT molecular complexity index is 1280. The Morgan fingerprint density at radius 1 is 1.00 bits per heavy atom. The largest absolute Gasteiger partial charge is 0.357 e. The van der Waals surface area contributed by atoms with E-state index < -0.39 is 20.7 Å². The van der Waals surface area contributed by atoms with Crippen molar-refractivity contribution >= 4 is 15.6 Å². The van der Waals surface area contributed by atoms with Gasteiger partial charge in [0.2, 0.25) is 9.84 Å². The standard InChI is InChI=1S/C18H15N5O3S/c1-13-7-9-15(10-8-13)22-12-19-16-20-17(21-23(16)18(22)24)27(25,26)11-14-5-3-2-4-6-14/h2-10,12H,11H2,1H3. The predicted octanol–water partition coefficient (Wildman–Crippen LogP) is 1.56. The van der Waals surface area contributed by atoms with Crippen molar-refractivity contribution in [3.63, 3.8) is 0 Å². The molecule has 136 valence electrons. The van der Waals surface area contributed by atoms with E-state index in [1.54, 1.807) is 42.5 Å². The Kier molecular flexibility index (Phi) is 4.08. The van der Waals surface area contributed by atoms with Crippen LogP contribution in [0.2, 0.25) is 0 Å². The van der Waals surface area contributed by atoms with Gasteiger partial charge in [0.05, 0.1) is 11.4 Å². The van der Waals surface area contributed by atoms with Crippen molar-refractivity contribution in [3.8, 4) is 5.69 Å². The first-order valence-electron chi connectivity index (χ1n) is 8.12. The molecule has 0 saturated carbocycles. The van der Waals surface area contributed by atoms with Crippen molar-refractivity contribution in [1.82, 2.24) is 24.1 Å². The summed E-state index contributed by atoms with van der Waals surface area (Å²) in [6.07, 6.45) is 1.31. The van der Waals surface area contributed by atoms with Crippen LogP contribution in [-0.4, -0.2) is 32.6 Å². The highest BCUT2D eigenvalue weighted by atomic mass is 32.2. The molecule has 4 aromatic rings. The van der Waals surface area contributed by atoms with Crippen molar-refractivity contribution < 1.29 is 8.42 Å². The van der Waals surface area contributed by atoms with Gasteiger partial charge in [-0.05, 0) is 24.6 Å². The molecule has 0 fully saturated rings. The van der Waals surface area contributed by atoms with Crippen molar-refractivity contribution in [1.29, 1.82) is 0 Å². The van der Waals surface area contributed by atoms with Crippen LogP contribution in [0.5, 0.6) is 0 Å². The molecule has 0 radical (unpaired) electrons. The second-order valence-corrected chi connectivity index (χ2v) is 7.97. The van der Waals surface area contributed by atoms with Crippen LogP contribution in [0, 0.1) is 6.92 Å². The molecule has 0 atom stereocenters. The van der Waals surface area contributed by atoms with Crippen LogP contribution in [0.15, 0.2) is 70.9 Å². The number of aromatic nitrogens is 5. The quantitative estimate of drug-likeness (QED) is 0.532. The zero-order valence-electron chi connectivity index (χ0n) is 14.3. The second-order valence-electron chi connectivity index (χ2n) is 6.08. The molecule has 0 aliphatic carbocycles. The van der Waals surface area contributed by atoms with E-state index in [9.17, 15) is 13.2 Å². The first kappa shape index (κ1) is 17.1. The Morgan fingerprint density at radius 3 is 2.41 bits per heavy atom. The Balaban J connectivity index is 1.77. The molecule has 27 heavy (non-hydrogen) atoms. The summed E-state index contributed by atoms with van der Waals surface area (Å²) >= 11 is 0. The smallest absolute Gasteiger partial charge is 0.251 e. The average Bonchev–Trinajstić information content (AvgIpc) is 3.10. The Hall–Kier alpha value is -3.33. The van der Waals surface area contributed by atoms with Gasteiger partial charge in [0.1, 0.15) is 6.33 Å². The molecular weight excluding hydrogens is 366 g/mol.